The normalized spacial score (nSPS) is 14.2. The summed E-state index contributed by atoms with van der Waals surface area (Å²) < 4.78 is 31.0. The molecule has 1 aliphatic rings. The highest BCUT2D eigenvalue weighted by molar-refractivity contribution is 5.77. The number of piperazine rings is 1. The minimum atomic E-state index is -0.569. The first-order valence-corrected chi connectivity index (χ1v) is 13.5. The number of carbonyl (C=O) groups excluding carboxylic acids is 2. The molecule has 0 atom stereocenters. The van der Waals surface area contributed by atoms with Crippen LogP contribution in [0.25, 0.3) is 22.8 Å². The van der Waals surface area contributed by atoms with Crippen molar-refractivity contribution >= 4 is 12.0 Å². The summed E-state index contributed by atoms with van der Waals surface area (Å²) in [6.45, 7) is 9.69. The Morgan fingerprint density at radius 3 is 2.52 bits per heavy atom. The Bertz CT molecular complexity index is 1270. The minimum Gasteiger partial charge on any atom is -0.493 e. The summed E-state index contributed by atoms with van der Waals surface area (Å²) in [5, 5.41) is 6.53. The molecule has 11 heteroatoms. The Morgan fingerprint density at radius 2 is 1.82 bits per heavy atom. The smallest absolute Gasteiger partial charge is 0.407 e. The molecular formula is C29H36FN5O5. The molecule has 1 aliphatic heterocycles. The second-order valence-electron chi connectivity index (χ2n) is 10.5. The Balaban J connectivity index is 1.13. The van der Waals surface area contributed by atoms with Crippen molar-refractivity contribution in [2.45, 2.75) is 39.2 Å². The molecule has 0 unspecified atom stereocenters. The number of halogens is 1. The molecule has 40 heavy (non-hydrogen) atoms. The largest absolute Gasteiger partial charge is 0.493 e. The van der Waals surface area contributed by atoms with Crippen LogP contribution in [-0.2, 0) is 9.53 Å². The highest BCUT2D eigenvalue weighted by atomic mass is 19.1. The van der Waals surface area contributed by atoms with Gasteiger partial charge in [0.2, 0.25) is 11.7 Å². The first kappa shape index (κ1) is 29.0. The van der Waals surface area contributed by atoms with Crippen molar-refractivity contribution in [1.29, 1.82) is 0 Å². The zero-order valence-electron chi connectivity index (χ0n) is 23.2. The Hall–Kier alpha value is -3.99. The molecule has 0 saturated carbocycles. The van der Waals surface area contributed by atoms with E-state index in [2.05, 4.69) is 20.4 Å². The molecule has 0 radical (unpaired) electrons. The van der Waals surface area contributed by atoms with E-state index in [0.717, 1.165) is 31.6 Å². The van der Waals surface area contributed by atoms with E-state index in [0.29, 0.717) is 31.3 Å². The highest BCUT2D eigenvalue weighted by Crippen LogP contribution is 2.26. The molecule has 0 bridgehead atoms. The van der Waals surface area contributed by atoms with Crippen molar-refractivity contribution < 1.29 is 28.0 Å². The molecule has 214 valence electrons. The highest BCUT2D eigenvalue weighted by Gasteiger charge is 2.22. The van der Waals surface area contributed by atoms with Gasteiger partial charge in [-0.15, -0.1) is 0 Å². The van der Waals surface area contributed by atoms with Crippen LogP contribution in [0.5, 0.6) is 5.75 Å². The molecule has 0 spiro atoms. The number of benzene rings is 2. The quantitative estimate of drug-likeness (QED) is 0.369. The van der Waals surface area contributed by atoms with Gasteiger partial charge in [0.05, 0.1) is 12.2 Å². The number of hydrogen-bond donors (Lipinski definition) is 1. The lowest BCUT2D eigenvalue weighted by atomic mass is 10.2. The number of hydrogen-bond acceptors (Lipinski definition) is 8. The molecular weight excluding hydrogens is 517 g/mol. The van der Waals surface area contributed by atoms with E-state index in [1.54, 1.807) is 32.9 Å². The van der Waals surface area contributed by atoms with Gasteiger partial charge >= 0.3 is 6.09 Å². The van der Waals surface area contributed by atoms with Crippen LogP contribution >= 0.6 is 0 Å². The van der Waals surface area contributed by atoms with E-state index in [9.17, 15) is 14.0 Å². The summed E-state index contributed by atoms with van der Waals surface area (Å²) >= 11 is 0. The summed E-state index contributed by atoms with van der Waals surface area (Å²) in [5.41, 5.74) is 0.439. The van der Waals surface area contributed by atoms with Crippen LogP contribution in [0.15, 0.2) is 53.1 Å². The maximum Gasteiger partial charge on any atom is 0.407 e. The van der Waals surface area contributed by atoms with Crippen molar-refractivity contribution in [1.82, 2.24) is 25.3 Å². The fraction of sp³-hybridized carbons (Fsp3) is 0.448. The summed E-state index contributed by atoms with van der Waals surface area (Å²) in [7, 11) is 0. The van der Waals surface area contributed by atoms with Gasteiger partial charge in [-0.3, -0.25) is 9.69 Å². The van der Waals surface area contributed by atoms with Gasteiger partial charge in [0.25, 0.3) is 5.89 Å². The lowest BCUT2D eigenvalue weighted by Gasteiger charge is -2.34. The van der Waals surface area contributed by atoms with Crippen LogP contribution in [0.2, 0.25) is 0 Å². The number of rotatable bonds is 10. The number of aromatic nitrogens is 2. The number of amides is 2. The van der Waals surface area contributed by atoms with Gasteiger partial charge in [-0.05, 0) is 51.5 Å². The topological polar surface area (TPSA) is 110 Å². The number of alkyl carbamates (subject to hydrolysis) is 1. The van der Waals surface area contributed by atoms with Crippen molar-refractivity contribution in [3.05, 3.63) is 54.3 Å². The summed E-state index contributed by atoms with van der Waals surface area (Å²) in [6, 6.07) is 13.9. The molecule has 3 aromatic rings. The van der Waals surface area contributed by atoms with Gasteiger partial charge in [-0.1, -0.05) is 23.4 Å². The first-order chi connectivity index (χ1) is 19.2. The summed E-state index contributed by atoms with van der Waals surface area (Å²) in [6.07, 6.45) is 0.488. The van der Waals surface area contributed by atoms with Gasteiger partial charge in [0.15, 0.2) is 0 Å². The Labute approximate surface area is 233 Å². The lowest BCUT2D eigenvalue weighted by Crippen LogP contribution is -2.49. The van der Waals surface area contributed by atoms with Crippen LogP contribution in [-0.4, -0.2) is 83.4 Å². The second kappa shape index (κ2) is 13.4. The molecule has 2 amide bonds. The molecule has 2 heterocycles. The third-order valence-corrected chi connectivity index (χ3v) is 6.25. The van der Waals surface area contributed by atoms with Crippen molar-refractivity contribution in [2.75, 3.05) is 45.9 Å². The van der Waals surface area contributed by atoms with Gasteiger partial charge in [0, 0.05) is 57.3 Å². The number of carbonyl (C=O) groups is 2. The van der Waals surface area contributed by atoms with Crippen LogP contribution in [0.1, 0.15) is 33.6 Å². The fourth-order valence-corrected chi connectivity index (χ4v) is 4.24. The molecule has 4 rings (SSSR count). The van der Waals surface area contributed by atoms with E-state index >= 15 is 0 Å². The molecule has 1 aromatic heterocycles. The van der Waals surface area contributed by atoms with Gasteiger partial charge in [-0.2, -0.15) is 4.98 Å². The average molecular weight is 554 g/mol. The molecule has 0 aliphatic carbocycles. The van der Waals surface area contributed by atoms with Gasteiger partial charge in [0.1, 0.15) is 17.2 Å². The second-order valence-corrected chi connectivity index (χ2v) is 10.5. The standard InChI is InChI=1S/C29H36FN5O5/c1-29(2,3)39-28(37)31-13-12-25(36)35-17-15-34(16-18-35)14-7-19-38-22-10-11-23(24(30)20-22)26-32-27(40-33-26)21-8-5-4-6-9-21/h4-6,8-11,20H,7,12-19H2,1-3H3,(H,31,37). The van der Waals surface area contributed by atoms with Crippen LogP contribution in [0.3, 0.4) is 0 Å². The summed E-state index contributed by atoms with van der Waals surface area (Å²) in [4.78, 5) is 32.6. The third-order valence-electron chi connectivity index (χ3n) is 6.25. The fourth-order valence-electron chi connectivity index (χ4n) is 4.24. The number of ether oxygens (including phenoxy) is 2. The number of nitrogens with zero attached hydrogens (tertiary/aromatic N) is 4. The predicted octanol–water partition coefficient (Wildman–Crippen LogP) is 4.37. The van der Waals surface area contributed by atoms with Crippen LogP contribution in [0.4, 0.5) is 9.18 Å². The van der Waals surface area contributed by atoms with E-state index in [-0.39, 0.29) is 30.3 Å². The van der Waals surface area contributed by atoms with Crippen molar-refractivity contribution in [2.24, 2.45) is 0 Å². The maximum absolute atomic E-state index is 14.8. The lowest BCUT2D eigenvalue weighted by molar-refractivity contribution is -0.132. The van der Waals surface area contributed by atoms with Crippen molar-refractivity contribution in [3.8, 4) is 28.6 Å². The Kier molecular flexibility index (Phi) is 9.70. The average Bonchev–Trinajstić information content (AvgIpc) is 3.41. The zero-order valence-corrected chi connectivity index (χ0v) is 23.2. The van der Waals surface area contributed by atoms with Crippen LogP contribution in [0, 0.1) is 5.82 Å². The summed E-state index contributed by atoms with van der Waals surface area (Å²) in [5.74, 6) is 0.473. The molecule has 1 N–H and O–H groups in total. The van der Waals surface area contributed by atoms with E-state index in [4.69, 9.17) is 14.0 Å². The first-order valence-electron chi connectivity index (χ1n) is 13.5. The van der Waals surface area contributed by atoms with Gasteiger partial charge < -0.3 is 24.2 Å². The minimum absolute atomic E-state index is 0.0154. The molecule has 1 saturated heterocycles. The zero-order chi connectivity index (χ0) is 28.5. The van der Waals surface area contributed by atoms with Crippen molar-refractivity contribution in [3.63, 3.8) is 0 Å². The van der Waals surface area contributed by atoms with E-state index < -0.39 is 17.5 Å². The predicted molar refractivity (Wildman–Crippen MR) is 147 cm³/mol. The third kappa shape index (κ3) is 8.51. The SMILES string of the molecule is CC(C)(C)OC(=O)NCCC(=O)N1CCN(CCCOc2ccc(-c3noc(-c4ccccc4)n3)c(F)c2)CC1. The number of nitrogens with one attached hydrogen (secondary N) is 1. The van der Waals surface area contributed by atoms with Gasteiger partial charge in [-0.25, -0.2) is 9.18 Å². The maximum atomic E-state index is 14.8. The van der Waals surface area contributed by atoms with Crippen LogP contribution < -0.4 is 10.1 Å². The molecule has 1 fully saturated rings. The Morgan fingerprint density at radius 1 is 1.07 bits per heavy atom. The monoisotopic (exact) mass is 553 g/mol. The molecule has 2 aromatic carbocycles. The van der Waals surface area contributed by atoms with E-state index in [1.165, 1.54) is 6.07 Å². The molecule has 10 nitrogen and oxygen atoms in total. The van der Waals surface area contributed by atoms with E-state index in [1.807, 2.05) is 35.2 Å².